The van der Waals surface area contributed by atoms with Crippen molar-refractivity contribution < 1.29 is 9.00 Å². The van der Waals surface area contributed by atoms with Gasteiger partial charge in [0.05, 0.1) is 16.6 Å². The molecule has 0 radical (unpaired) electrons. The van der Waals surface area contributed by atoms with Crippen molar-refractivity contribution in [3.63, 3.8) is 0 Å². The second-order valence-corrected chi connectivity index (χ2v) is 7.35. The van der Waals surface area contributed by atoms with Gasteiger partial charge in [-0.05, 0) is 54.1 Å². The van der Waals surface area contributed by atoms with Gasteiger partial charge in [0.2, 0.25) is 0 Å². The summed E-state index contributed by atoms with van der Waals surface area (Å²) in [6, 6.07) is 23.4. The van der Waals surface area contributed by atoms with E-state index in [-0.39, 0.29) is 5.91 Å². The average molecular weight is 370 g/mol. The van der Waals surface area contributed by atoms with Crippen LogP contribution in [0.3, 0.4) is 0 Å². The molecule has 5 heteroatoms. The summed E-state index contributed by atoms with van der Waals surface area (Å²) >= 11 is 5.85. The summed E-state index contributed by atoms with van der Waals surface area (Å²) in [6.45, 7) is 0. The average Bonchev–Trinajstić information content (AvgIpc) is 2.64. The smallest absolute Gasteiger partial charge is 0.255 e. The SMILES string of the molecule is O=C(Nc1ccc(CS(=O)c2ccc(Cl)cc2)cc1)c1ccccc1. The van der Waals surface area contributed by atoms with Crippen LogP contribution in [-0.2, 0) is 16.6 Å². The van der Waals surface area contributed by atoms with Crippen molar-refractivity contribution in [3.05, 3.63) is 95.0 Å². The van der Waals surface area contributed by atoms with Crippen LogP contribution >= 0.6 is 11.6 Å². The van der Waals surface area contributed by atoms with Gasteiger partial charge in [0.25, 0.3) is 5.91 Å². The Bertz CT molecular complexity index is 878. The highest BCUT2D eigenvalue weighted by Gasteiger charge is 2.07. The molecule has 0 heterocycles. The molecule has 126 valence electrons. The maximum Gasteiger partial charge on any atom is 0.255 e. The number of benzene rings is 3. The second-order valence-electron chi connectivity index (χ2n) is 5.46. The van der Waals surface area contributed by atoms with Gasteiger partial charge in [0, 0.05) is 21.2 Å². The number of hydrogen-bond donors (Lipinski definition) is 1. The summed E-state index contributed by atoms with van der Waals surface area (Å²) in [4.78, 5) is 12.9. The van der Waals surface area contributed by atoms with E-state index in [2.05, 4.69) is 5.32 Å². The number of hydrogen-bond acceptors (Lipinski definition) is 2. The molecule has 0 saturated carbocycles. The number of amides is 1. The third-order valence-corrected chi connectivity index (χ3v) is 5.27. The van der Waals surface area contributed by atoms with Gasteiger partial charge >= 0.3 is 0 Å². The number of carbonyl (C=O) groups is 1. The zero-order chi connectivity index (χ0) is 17.6. The molecule has 0 saturated heterocycles. The van der Waals surface area contributed by atoms with E-state index in [0.717, 1.165) is 10.5 Å². The normalized spacial score (nSPS) is 11.7. The quantitative estimate of drug-likeness (QED) is 0.695. The Morgan fingerprint density at radius 2 is 1.52 bits per heavy atom. The molecule has 0 aliphatic rings. The first-order chi connectivity index (χ1) is 12.1. The van der Waals surface area contributed by atoms with E-state index in [4.69, 9.17) is 11.6 Å². The van der Waals surface area contributed by atoms with Crippen molar-refractivity contribution in [2.45, 2.75) is 10.6 Å². The second kappa shape index (κ2) is 8.10. The number of carbonyl (C=O) groups excluding carboxylic acids is 1. The predicted molar refractivity (Wildman–Crippen MR) is 102 cm³/mol. The van der Waals surface area contributed by atoms with Gasteiger partial charge in [-0.25, -0.2) is 0 Å². The van der Waals surface area contributed by atoms with Gasteiger partial charge in [-0.15, -0.1) is 0 Å². The minimum Gasteiger partial charge on any atom is -0.322 e. The Hall–Kier alpha value is -2.43. The lowest BCUT2D eigenvalue weighted by Crippen LogP contribution is -2.11. The molecule has 1 N–H and O–H groups in total. The summed E-state index contributed by atoms with van der Waals surface area (Å²) in [5.41, 5.74) is 2.25. The molecule has 1 atom stereocenters. The van der Waals surface area contributed by atoms with E-state index in [9.17, 15) is 9.00 Å². The summed E-state index contributed by atoms with van der Waals surface area (Å²) in [5.74, 6) is 0.257. The Labute approximate surface area is 154 Å². The van der Waals surface area contributed by atoms with Crippen molar-refractivity contribution >= 4 is 34.0 Å². The third-order valence-electron chi connectivity index (χ3n) is 3.62. The van der Waals surface area contributed by atoms with Crippen LogP contribution in [0.2, 0.25) is 5.02 Å². The molecule has 0 aromatic heterocycles. The van der Waals surface area contributed by atoms with E-state index in [1.807, 2.05) is 42.5 Å². The van der Waals surface area contributed by atoms with Crippen LogP contribution < -0.4 is 5.32 Å². The van der Waals surface area contributed by atoms with E-state index in [1.165, 1.54) is 0 Å². The molecule has 3 aromatic carbocycles. The highest BCUT2D eigenvalue weighted by atomic mass is 35.5. The summed E-state index contributed by atoms with van der Waals surface area (Å²) < 4.78 is 12.4. The van der Waals surface area contributed by atoms with Crippen molar-refractivity contribution in [1.82, 2.24) is 0 Å². The highest BCUT2D eigenvalue weighted by molar-refractivity contribution is 7.84. The highest BCUT2D eigenvalue weighted by Crippen LogP contribution is 2.17. The Balaban J connectivity index is 1.63. The third kappa shape index (κ3) is 4.78. The molecule has 0 aliphatic carbocycles. The Morgan fingerprint density at radius 1 is 0.880 bits per heavy atom. The molecule has 3 rings (SSSR count). The molecule has 3 nitrogen and oxygen atoms in total. The van der Waals surface area contributed by atoms with Gasteiger partial charge in [-0.3, -0.25) is 9.00 Å². The fraction of sp³-hybridized carbons (Fsp3) is 0.0500. The molecule has 3 aromatic rings. The summed E-state index contributed by atoms with van der Waals surface area (Å²) in [5, 5.41) is 3.47. The fourth-order valence-corrected chi connectivity index (χ4v) is 3.53. The van der Waals surface area contributed by atoms with Crippen LogP contribution in [0.5, 0.6) is 0 Å². The monoisotopic (exact) mass is 369 g/mol. The maximum atomic E-state index is 12.4. The van der Waals surface area contributed by atoms with Gasteiger partial charge in [0.15, 0.2) is 0 Å². The fourth-order valence-electron chi connectivity index (χ4n) is 2.30. The van der Waals surface area contributed by atoms with Gasteiger partial charge in [0.1, 0.15) is 0 Å². The standard InChI is InChI=1S/C20H16ClNO2S/c21-17-8-12-19(13-9-17)25(24)14-15-6-10-18(11-7-15)22-20(23)16-4-2-1-3-5-16/h1-13H,14H2,(H,22,23). The lowest BCUT2D eigenvalue weighted by Gasteiger charge is -2.07. The first kappa shape index (κ1) is 17.4. The molecule has 0 fully saturated rings. The van der Waals surface area contributed by atoms with Crippen LogP contribution in [0.25, 0.3) is 0 Å². The lowest BCUT2D eigenvalue weighted by molar-refractivity contribution is 0.102. The van der Waals surface area contributed by atoms with Gasteiger partial charge in [-0.2, -0.15) is 0 Å². The molecule has 1 unspecified atom stereocenters. The van der Waals surface area contributed by atoms with E-state index in [1.54, 1.807) is 36.4 Å². The lowest BCUT2D eigenvalue weighted by atomic mass is 10.2. The zero-order valence-corrected chi connectivity index (χ0v) is 14.9. The van der Waals surface area contributed by atoms with Crippen molar-refractivity contribution in [2.24, 2.45) is 0 Å². The number of nitrogens with one attached hydrogen (secondary N) is 1. The molecule has 25 heavy (non-hydrogen) atoms. The molecule has 0 bridgehead atoms. The Kier molecular flexibility index (Phi) is 5.64. The van der Waals surface area contributed by atoms with Crippen molar-refractivity contribution in [2.75, 3.05) is 5.32 Å². The van der Waals surface area contributed by atoms with Gasteiger partial charge < -0.3 is 5.32 Å². The molecule has 1 amide bonds. The molecular weight excluding hydrogens is 354 g/mol. The maximum absolute atomic E-state index is 12.4. The number of rotatable bonds is 5. The predicted octanol–water partition coefficient (Wildman–Crippen LogP) is 4.90. The van der Waals surface area contributed by atoms with Crippen LogP contribution in [0, 0.1) is 0 Å². The van der Waals surface area contributed by atoms with E-state index < -0.39 is 10.8 Å². The molecule has 0 spiro atoms. The van der Waals surface area contributed by atoms with Crippen LogP contribution in [0.15, 0.2) is 83.8 Å². The topological polar surface area (TPSA) is 46.2 Å². The zero-order valence-electron chi connectivity index (χ0n) is 13.3. The summed E-state index contributed by atoms with van der Waals surface area (Å²) in [7, 11) is -1.14. The minimum atomic E-state index is -1.14. The van der Waals surface area contributed by atoms with E-state index >= 15 is 0 Å². The van der Waals surface area contributed by atoms with Crippen LogP contribution in [-0.4, -0.2) is 10.1 Å². The van der Waals surface area contributed by atoms with Crippen LogP contribution in [0.1, 0.15) is 15.9 Å². The number of halogens is 1. The molecule has 0 aliphatic heterocycles. The van der Waals surface area contributed by atoms with E-state index in [0.29, 0.717) is 22.0 Å². The van der Waals surface area contributed by atoms with Crippen LogP contribution in [0.4, 0.5) is 5.69 Å². The first-order valence-electron chi connectivity index (χ1n) is 7.71. The number of anilines is 1. The van der Waals surface area contributed by atoms with Crippen molar-refractivity contribution in [3.8, 4) is 0 Å². The minimum absolute atomic E-state index is 0.155. The van der Waals surface area contributed by atoms with Crippen molar-refractivity contribution in [1.29, 1.82) is 0 Å². The summed E-state index contributed by atoms with van der Waals surface area (Å²) in [6.07, 6.45) is 0. The largest absolute Gasteiger partial charge is 0.322 e. The Morgan fingerprint density at radius 3 is 2.16 bits per heavy atom. The first-order valence-corrected chi connectivity index (χ1v) is 9.41. The molecular formula is C20H16ClNO2S. The van der Waals surface area contributed by atoms with Gasteiger partial charge in [-0.1, -0.05) is 41.9 Å².